The molecular weight excluding hydrogens is 410 g/mol. The molecule has 3 N–H and O–H groups in total. The lowest BCUT2D eigenvalue weighted by molar-refractivity contribution is -0.0232. The van der Waals surface area contributed by atoms with Crippen LogP contribution < -0.4 is 15.2 Å². The van der Waals surface area contributed by atoms with E-state index in [-0.39, 0.29) is 17.8 Å². The topological polar surface area (TPSA) is 116 Å². The third-order valence-electron chi connectivity index (χ3n) is 6.69. The number of fused-ring (bicyclic) bond motifs is 1. The summed E-state index contributed by atoms with van der Waals surface area (Å²) < 4.78 is 7.45. The normalized spacial score (nSPS) is 22.7. The maximum atomic E-state index is 12.9. The van der Waals surface area contributed by atoms with Crippen molar-refractivity contribution in [2.75, 3.05) is 24.6 Å². The molecule has 1 saturated carbocycles. The minimum Gasteiger partial charge on any atom is -0.488 e. The number of hydrogen-bond donors (Lipinski definition) is 3. The van der Waals surface area contributed by atoms with E-state index in [0.717, 1.165) is 29.5 Å². The summed E-state index contributed by atoms with van der Waals surface area (Å²) in [7, 11) is 1.63. The number of nitrogens with one attached hydrogen (secondary N) is 1. The highest BCUT2D eigenvalue weighted by atomic mass is 16.5. The minimum atomic E-state index is -1.09. The molecule has 0 amide bonds. The first-order valence-corrected chi connectivity index (χ1v) is 11.1. The Bertz CT molecular complexity index is 1210. The fraction of sp³-hybridized carbons (Fsp3) is 0.522. The van der Waals surface area contributed by atoms with Gasteiger partial charge in [0.05, 0.1) is 17.7 Å². The summed E-state index contributed by atoms with van der Waals surface area (Å²) in [4.78, 5) is 14.9. The number of ether oxygens (including phenoxy) is 1. The molecule has 1 aromatic carbocycles. The van der Waals surface area contributed by atoms with E-state index in [1.54, 1.807) is 13.1 Å². The van der Waals surface area contributed by atoms with E-state index in [0.29, 0.717) is 49.4 Å². The van der Waals surface area contributed by atoms with Gasteiger partial charge in [-0.3, -0.25) is 9.89 Å². The van der Waals surface area contributed by atoms with Gasteiger partial charge in [0.25, 0.3) is 5.56 Å². The lowest BCUT2D eigenvalue weighted by Gasteiger charge is -2.25. The van der Waals surface area contributed by atoms with Crippen LogP contribution in [0.15, 0.2) is 29.1 Å². The highest BCUT2D eigenvalue weighted by Gasteiger charge is 2.40. The van der Waals surface area contributed by atoms with Gasteiger partial charge in [-0.25, -0.2) is 4.68 Å². The van der Waals surface area contributed by atoms with Crippen molar-refractivity contribution in [1.82, 2.24) is 20.0 Å². The molecule has 0 spiro atoms. The van der Waals surface area contributed by atoms with Gasteiger partial charge in [0.15, 0.2) is 0 Å². The van der Waals surface area contributed by atoms with E-state index in [1.165, 1.54) is 4.68 Å². The molecule has 9 heteroatoms. The van der Waals surface area contributed by atoms with Gasteiger partial charge in [0.2, 0.25) is 0 Å². The lowest BCUT2D eigenvalue weighted by Crippen LogP contribution is -2.36. The number of aliphatic hydroxyl groups is 2. The van der Waals surface area contributed by atoms with Crippen LogP contribution >= 0.6 is 0 Å². The highest BCUT2D eigenvalue weighted by molar-refractivity contribution is 5.93. The molecule has 2 aromatic heterocycles. The summed E-state index contributed by atoms with van der Waals surface area (Å²) in [6, 6.07) is 7.63. The number of hydrogen-bond acceptors (Lipinski definition) is 7. The summed E-state index contributed by atoms with van der Waals surface area (Å²) in [5, 5.41) is 32.9. The molecule has 1 atom stereocenters. The SMILES string of the molecule is Cn1nc(-c2n[nH]c3ccc(OC4(C)CC4)cc23)cc(N2CCCC(O)(CO)CC2)c1=O. The second-order valence-electron chi connectivity index (χ2n) is 9.40. The first-order chi connectivity index (χ1) is 15.3. The first kappa shape index (κ1) is 21.0. The number of aryl methyl sites for hydroxylation is 1. The smallest absolute Gasteiger partial charge is 0.290 e. The number of aromatic amines is 1. The molecule has 1 unspecified atom stereocenters. The van der Waals surface area contributed by atoms with Crippen molar-refractivity contribution in [3.8, 4) is 17.1 Å². The van der Waals surface area contributed by atoms with Crippen LogP contribution in [-0.2, 0) is 7.05 Å². The average Bonchev–Trinajstić information content (AvgIpc) is 3.41. The standard InChI is InChI=1S/C23H29N5O4/c1-22(7-8-22)32-15-4-5-17-16(12-15)20(25-24-17)18-13-19(21(30)27(2)26-18)28-10-3-6-23(31,14-29)9-11-28/h4-5,12-13,29,31H,3,6-11,14H2,1-2H3,(H,24,25). The molecule has 0 bridgehead atoms. The van der Waals surface area contributed by atoms with E-state index in [9.17, 15) is 15.0 Å². The summed E-state index contributed by atoms with van der Waals surface area (Å²) in [6.07, 6.45) is 3.69. The minimum absolute atomic E-state index is 0.0804. The highest BCUT2D eigenvalue weighted by Crippen LogP contribution is 2.40. The molecule has 5 rings (SSSR count). The Hall–Kier alpha value is -2.91. The zero-order valence-corrected chi connectivity index (χ0v) is 18.5. The summed E-state index contributed by atoms with van der Waals surface area (Å²) in [5.74, 6) is 0.793. The molecule has 1 aliphatic carbocycles. The van der Waals surface area contributed by atoms with Gasteiger partial charge >= 0.3 is 0 Å². The number of aromatic nitrogens is 4. The van der Waals surface area contributed by atoms with Gasteiger partial charge in [-0.2, -0.15) is 10.2 Å². The van der Waals surface area contributed by atoms with E-state index in [1.807, 2.05) is 23.1 Å². The van der Waals surface area contributed by atoms with Crippen molar-refractivity contribution >= 4 is 16.6 Å². The van der Waals surface area contributed by atoms with Crippen LogP contribution in [0.1, 0.15) is 39.0 Å². The second-order valence-corrected chi connectivity index (χ2v) is 9.40. The zero-order valence-electron chi connectivity index (χ0n) is 18.5. The fourth-order valence-corrected chi connectivity index (χ4v) is 4.33. The molecule has 170 valence electrons. The van der Waals surface area contributed by atoms with Crippen LogP contribution in [-0.4, -0.2) is 61.1 Å². The maximum Gasteiger partial charge on any atom is 0.290 e. The third kappa shape index (κ3) is 3.86. The van der Waals surface area contributed by atoms with E-state index < -0.39 is 5.60 Å². The summed E-state index contributed by atoms with van der Waals surface area (Å²) >= 11 is 0. The Morgan fingerprint density at radius 2 is 2.00 bits per heavy atom. The molecule has 2 aliphatic rings. The number of aliphatic hydroxyl groups excluding tert-OH is 1. The van der Waals surface area contributed by atoms with Gasteiger partial charge in [-0.1, -0.05) is 0 Å². The Balaban J connectivity index is 1.52. The van der Waals surface area contributed by atoms with Crippen LogP contribution in [0.25, 0.3) is 22.3 Å². The molecular formula is C23H29N5O4. The largest absolute Gasteiger partial charge is 0.488 e. The lowest BCUT2D eigenvalue weighted by atomic mass is 9.96. The number of rotatable bonds is 5. The zero-order chi connectivity index (χ0) is 22.5. The Morgan fingerprint density at radius 1 is 1.19 bits per heavy atom. The quantitative estimate of drug-likeness (QED) is 0.556. The number of benzene rings is 1. The van der Waals surface area contributed by atoms with Crippen molar-refractivity contribution in [2.45, 2.75) is 50.2 Å². The van der Waals surface area contributed by atoms with Crippen LogP contribution in [0, 0.1) is 0 Å². The van der Waals surface area contributed by atoms with Crippen molar-refractivity contribution < 1.29 is 14.9 Å². The van der Waals surface area contributed by atoms with Gasteiger partial charge in [-0.05, 0) is 63.3 Å². The number of H-pyrrole nitrogens is 1. The number of nitrogens with zero attached hydrogens (tertiary/aromatic N) is 4. The average molecular weight is 440 g/mol. The first-order valence-electron chi connectivity index (χ1n) is 11.1. The predicted molar refractivity (Wildman–Crippen MR) is 121 cm³/mol. The van der Waals surface area contributed by atoms with Crippen LogP contribution in [0.4, 0.5) is 5.69 Å². The van der Waals surface area contributed by atoms with Crippen molar-refractivity contribution in [3.05, 3.63) is 34.6 Å². The van der Waals surface area contributed by atoms with E-state index in [2.05, 4.69) is 22.2 Å². The van der Waals surface area contributed by atoms with E-state index >= 15 is 0 Å². The molecule has 3 heterocycles. The summed E-state index contributed by atoms with van der Waals surface area (Å²) in [5.41, 5.74) is 1.26. The monoisotopic (exact) mass is 439 g/mol. The Kier molecular flexibility index (Phi) is 4.98. The molecule has 3 aromatic rings. The fourth-order valence-electron chi connectivity index (χ4n) is 4.33. The van der Waals surface area contributed by atoms with Gasteiger partial charge < -0.3 is 19.8 Å². The van der Waals surface area contributed by atoms with Crippen LogP contribution in [0.5, 0.6) is 5.75 Å². The van der Waals surface area contributed by atoms with Crippen molar-refractivity contribution in [2.24, 2.45) is 7.05 Å². The van der Waals surface area contributed by atoms with Crippen LogP contribution in [0.3, 0.4) is 0 Å². The molecule has 1 aliphatic heterocycles. The Labute approximate surface area is 185 Å². The predicted octanol–water partition coefficient (Wildman–Crippen LogP) is 1.97. The molecule has 9 nitrogen and oxygen atoms in total. The van der Waals surface area contributed by atoms with E-state index in [4.69, 9.17) is 4.74 Å². The van der Waals surface area contributed by atoms with Gasteiger partial charge in [0, 0.05) is 25.5 Å². The molecule has 32 heavy (non-hydrogen) atoms. The summed E-state index contributed by atoms with van der Waals surface area (Å²) in [6.45, 7) is 2.93. The van der Waals surface area contributed by atoms with Crippen molar-refractivity contribution in [3.63, 3.8) is 0 Å². The maximum absolute atomic E-state index is 12.9. The van der Waals surface area contributed by atoms with Crippen LogP contribution in [0.2, 0.25) is 0 Å². The third-order valence-corrected chi connectivity index (χ3v) is 6.69. The second kappa shape index (κ2) is 7.60. The van der Waals surface area contributed by atoms with Gasteiger partial charge in [-0.15, -0.1) is 0 Å². The Morgan fingerprint density at radius 3 is 2.75 bits per heavy atom. The molecule has 1 saturated heterocycles. The molecule has 2 fully saturated rings. The van der Waals surface area contributed by atoms with Crippen molar-refractivity contribution in [1.29, 1.82) is 0 Å². The number of anilines is 1. The van der Waals surface area contributed by atoms with Gasteiger partial charge in [0.1, 0.15) is 28.4 Å². The molecule has 0 radical (unpaired) electrons.